The molecule has 0 aliphatic rings. The van der Waals surface area contributed by atoms with Gasteiger partial charge in [-0.2, -0.15) is 17.7 Å². The van der Waals surface area contributed by atoms with Gasteiger partial charge in [0, 0.05) is 6.54 Å². The van der Waals surface area contributed by atoms with E-state index in [1.54, 1.807) is 6.92 Å². The molecule has 9 heteroatoms. The van der Waals surface area contributed by atoms with Crippen molar-refractivity contribution in [2.24, 2.45) is 5.92 Å². The zero-order valence-electron chi connectivity index (χ0n) is 13.2. The number of nitrogens with zero attached hydrogens (tertiary/aromatic N) is 4. The van der Waals surface area contributed by atoms with Crippen LogP contribution < -0.4 is 5.32 Å². The molecule has 0 saturated heterocycles. The SMILES string of the molecule is CC(C)CCC(C)(O)CNc1ccc2nnc(C(F)(F)F)n2n1. The molecule has 1 atom stereocenters. The minimum atomic E-state index is -4.63. The van der Waals surface area contributed by atoms with Crippen LogP contribution in [0.5, 0.6) is 0 Å². The second-order valence-corrected chi connectivity index (χ2v) is 6.29. The van der Waals surface area contributed by atoms with E-state index in [9.17, 15) is 18.3 Å². The first kappa shape index (κ1) is 17.5. The van der Waals surface area contributed by atoms with Gasteiger partial charge in [0.05, 0.1) is 5.60 Å². The number of hydrogen-bond donors (Lipinski definition) is 2. The van der Waals surface area contributed by atoms with E-state index in [-0.39, 0.29) is 18.0 Å². The summed E-state index contributed by atoms with van der Waals surface area (Å²) in [4.78, 5) is 0. The summed E-state index contributed by atoms with van der Waals surface area (Å²) in [5.74, 6) is -0.502. The Hall–Kier alpha value is -1.90. The van der Waals surface area contributed by atoms with Gasteiger partial charge in [0.25, 0.3) is 5.82 Å². The lowest BCUT2D eigenvalue weighted by molar-refractivity contribution is -0.146. The second kappa shape index (κ2) is 6.31. The second-order valence-electron chi connectivity index (χ2n) is 6.29. The first-order valence-electron chi connectivity index (χ1n) is 7.34. The van der Waals surface area contributed by atoms with Crippen LogP contribution in [-0.4, -0.2) is 37.1 Å². The molecule has 0 aliphatic heterocycles. The van der Waals surface area contributed by atoms with Gasteiger partial charge >= 0.3 is 6.18 Å². The van der Waals surface area contributed by atoms with Crippen LogP contribution in [0.15, 0.2) is 12.1 Å². The summed E-state index contributed by atoms with van der Waals surface area (Å²) in [6.45, 7) is 5.98. The number of fused-ring (bicyclic) bond motifs is 1. The van der Waals surface area contributed by atoms with Crippen LogP contribution in [-0.2, 0) is 6.18 Å². The lowest BCUT2D eigenvalue weighted by atomic mass is 9.95. The van der Waals surface area contributed by atoms with E-state index in [0.29, 0.717) is 16.9 Å². The molecule has 0 aliphatic carbocycles. The molecule has 2 aromatic heterocycles. The minimum Gasteiger partial charge on any atom is -0.388 e. The van der Waals surface area contributed by atoms with Crippen molar-refractivity contribution in [2.45, 2.75) is 45.4 Å². The Morgan fingerprint density at radius 3 is 2.57 bits per heavy atom. The third-order valence-corrected chi connectivity index (χ3v) is 3.43. The van der Waals surface area contributed by atoms with Crippen LogP contribution in [0.3, 0.4) is 0 Å². The standard InChI is InChI=1S/C14H20F3N5O/c1-9(2)6-7-13(3,23)8-18-10-4-5-11-19-20-12(14(15,16)17)22(11)21-10/h4-5,9,23H,6-8H2,1-3H3,(H,18,21). The van der Waals surface area contributed by atoms with Crippen LogP contribution in [0.2, 0.25) is 0 Å². The summed E-state index contributed by atoms with van der Waals surface area (Å²) in [6, 6.07) is 2.89. The normalized spacial score (nSPS) is 15.1. The average Bonchev–Trinajstić information content (AvgIpc) is 2.86. The van der Waals surface area contributed by atoms with Gasteiger partial charge in [0.15, 0.2) is 5.65 Å². The number of alkyl halides is 3. The van der Waals surface area contributed by atoms with Gasteiger partial charge in [-0.15, -0.1) is 15.3 Å². The van der Waals surface area contributed by atoms with Gasteiger partial charge in [-0.05, 0) is 37.8 Å². The Morgan fingerprint density at radius 1 is 1.26 bits per heavy atom. The summed E-state index contributed by atoms with van der Waals surface area (Å²) in [5.41, 5.74) is -0.963. The quantitative estimate of drug-likeness (QED) is 0.851. The molecule has 0 amide bonds. The van der Waals surface area contributed by atoms with Gasteiger partial charge in [-0.1, -0.05) is 13.8 Å². The number of aliphatic hydroxyl groups is 1. The minimum absolute atomic E-state index is 0.00874. The molecule has 2 N–H and O–H groups in total. The van der Waals surface area contributed by atoms with Crippen LogP contribution >= 0.6 is 0 Å². The number of hydrogen-bond acceptors (Lipinski definition) is 5. The van der Waals surface area contributed by atoms with Crippen LogP contribution in [0.25, 0.3) is 5.65 Å². The van der Waals surface area contributed by atoms with Crippen molar-refractivity contribution in [1.82, 2.24) is 19.8 Å². The highest BCUT2D eigenvalue weighted by Crippen LogP contribution is 2.27. The van der Waals surface area contributed by atoms with Crippen molar-refractivity contribution >= 4 is 11.5 Å². The highest BCUT2D eigenvalue weighted by Gasteiger charge is 2.37. The Balaban J connectivity index is 2.12. The largest absolute Gasteiger partial charge is 0.453 e. The molecular formula is C14H20F3N5O. The zero-order chi connectivity index (χ0) is 17.3. The fourth-order valence-corrected chi connectivity index (χ4v) is 2.03. The molecule has 23 heavy (non-hydrogen) atoms. The van der Waals surface area contributed by atoms with Gasteiger partial charge in [0.1, 0.15) is 5.82 Å². The van der Waals surface area contributed by atoms with Crippen molar-refractivity contribution in [1.29, 1.82) is 0 Å². The van der Waals surface area contributed by atoms with E-state index >= 15 is 0 Å². The topological polar surface area (TPSA) is 75.3 Å². The summed E-state index contributed by atoms with van der Waals surface area (Å²) in [7, 11) is 0. The maximum atomic E-state index is 12.8. The predicted molar refractivity (Wildman–Crippen MR) is 79.0 cm³/mol. The van der Waals surface area contributed by atoms with Crippen molar-refractivity contribution in [2.75, 3.05) is 11.9 Å². The fraction of sp³-hybridized carbons (Fsp3) is 0.643. The molecule has 0 spiro atoms. The molecular weight excluding hydrogens is 311 g/mol. The smallest absolute Gasteiger partial charge is 0.388 e. The van der Waals surface area contributed by atoms with E-state index in [2.05, 4.69) is 34.5 Å². The number of anilines is 1. The molecule has 2 aromatic rings. The summed E-state index contributed by atoms with van der Waals surface area (Å²) < 4.78 is 39.1. The van der Waals surface area contributed by atoms with Crippen LogP contribution in [0.4, 0.5) is 19.0 Å². The Bertz CT molecular complexity index is 666. The Labute approximate surface area is 131 Å². The molecule has 2 heterocycles. The molecule has 0 aromatic carbocycles. The van der Waals surface area contributed by atoms with E-state index < -0.39 is 17.6 Å². The molecule has 6 nitrogen and oxygen atoms in total. The van der Waals surface area contributed by atoms with Gasteiger partial charge in [-0.25, -0.2) is 0 Å². The molecule has 0 radical (unpaired) electrons. The average molecular weight is 331 g/mol. The van der Waals surface area contributed by atoms with Gasteiger partial charge in [0.2, 0.25) is 0 Å². The zero-order valence-corrected chi connectivity index (χ0v) is 13.2. The van der Waals surface area contributed by atoms with Crippen LogP contribution in [0.1, 0.15) is 39.4 Å². The monoisotopic (exact) mass is 331 g/mol. The summed E-state index contributed by atoms with van der Waals surface area (Å²) >= 11 is 0. The lowest BCUT2D eigenvalue weighted by Crippen LogP contribution is -2.34. The van der Waals surface area contributed by atoms with Crippen molar-refractivity contribution < 1.29 is 18.3 Å². The summed E-state index contributed by atoms with van der Waals surface area (Å²) in [5, 5.41) is 23.5. The Morgan fingerprint density at radius 2 is 1.96 bits per heavy atom. The summed E-state index contributed by atoms with van der Waals surface area (Å²) in [6.07, 6.45) is -3.20. The maximum Gasteiger partial charge on any atom is 0.453 e. The highest BCUT2D eigenvalue weighted by atomic mass is 19.4. The van der Waals surface area contributed by atoms with E-state index in [4.69, 9.17) is 0 Å². The molecule has 0 bridgehead atoms. The van der Waals surface area contributed by atoms with Crippen molar-refractivity contribution in [3.63, 3.8) is 0 Å². The molecule has 128 valence electrons. The highest BCUT2D eigenvalue weighted by molar-refractivity contribution is 5.44. The van der Waals surface area contributed by atoms with Crippen LogP contribution in [0, 0.1) is 5.92 Å². The fourth-order valence-electron chi connectivity index (χ4n) is 2.03. The molecule has 0 saturated carbocycles. The first-order valence-corrected chi connectivity index (χ1v) is 7.34. The predicted octanol–water partition coefficient (Wildman–Crippen LogP) is 2.74. The number of nitrogens with one attached hydrogen (secondary N) is 1. The third kappa shape index (κ3) is 4.54. The van der Waals surface area contributed by atoms with E-state index in [0.717, 1.165) is 6.42 Å². The number of rotatable bonds is 6. The van der Waals surface area contributed by atoms with E-state index in [1.165, 1.54) is 12.1 Å². The molecule has 1 unspecified atom stereocenters. The van der Waals surface area contributed by atoms with Gasteiger partial charge < -0.3 is 10.4 Å². The Kier molecular flexibility index (Phi) is 4.79. The van der Waals surface area contributed by atoms with E-state index in [1.807, 2.05) is 0 Å². The maximum absolute atomic E-state index is 12.8. The number of halogens is 3. The third-order valence-electron chi connectivity index (χ3n) is 3.43. The first-order chi connectivity index (χ1) is 10.6. The lowest BCUT2D eigenvalue weighted by Gasteiger charge is -2.24. The van der Waals surface area contributed by atoms with Gasteiger partial charge in [-0.3, -0.25) is 0 Å². The van der Waals surface area contributed by atoms with Crippen molar-refractivity contribution in [3.05, 3.63) is 18.0 Å². The molecule has 0 fully saturated rings. The molecule has 2 rings (SSSR count). The number of aromatic nitrogens is 4. The van der Waals surface area contributed by atoms with Crippen molar-refractivity contribution in [3.8, 4) is 0 Å².